The summed E-state index contributed by atoms with van der Waals surface area (Å²) in [6.45, 7) is 0.819. The van der Waals surface area contributed by atoms with Crippen molar-refractivity contribution in [3.05, 3.63) is 28.2 Å². The number of hydrogen-bond donors (Lipinski definition) is 1. The maximum atomic E-state index is 12.5. The quantitative estimate of drug-likeness (QED) is 0.752. The molecule has 132 valence electrons. The first-order valence-electron chi connectivity index (χ1n) is 7.46. The molecule has 0 saturated carbocycles. The molecule has 1 aromatic carbocycles. The van der Waals surface area contributed by atoms with Crippen molar-refractivity contribution in [2.45, 2.75) is 17.7 Å². The minimum absolute atomic E-state index is 0.0966. The molecule has 24 heavy (non-hydrogen) atoms. The van der Waals surface area contributed by atoms with Gasteiger partial charge in [0.2, 0.25) is 5.91 Å². The number of hydrogen-bond acceptors (Lipinski definition) is 4. The van der Waals surface area contributed by atoms with E-state index in [1.54, 1.807) is 23.1 Å². The summed E-state index contributed by atoms with van der Waals surface area (Å²) in [5.41, 5.74) is -1.03. The first kappa shape index (κ1) is 19.4. The van der Waals surface area contributed by atoms with Crippen molar-refractivity contribution < 1.29 is 19.4 Å². The van der Waals surface area contributed by atoms with Crippen molar-refractivity contribution in [1.82, 2.24) is 4.90 Å². The van der Waals surface area contributed by atoms with Gasteiger partial charge in [-0.25, -0.2) is 0 Å². The van der Waals surface area contributed by atoms with E-state index in [2.05, 4.69) is 0 Å². The summed E-state index contributed by atoms with van der Waals surface area (Å²) >= 11 is 13.3. The minimum atomic E-state index is -1.03. The molecule has 5 nitrogen and oxygen atoms in total. The fourth-order valence-electron chi connectivity index (χ4n) is 2.79. The second-order valence-corrected chi connectivity index (χ2v) is 7.66. The molecule has 1 aliphatic heterocycles. The lowest BCUT2D eigenvalue weighted by Gasteiger charge is -2.39. The number of aliphatic carboxylic acids is 1. The van der Waals surface area contributed by atoms with Crippen molar-refractivity contribution in [3.8, 4) is 0 Å². The number of likely N-dealkylation sites (tertiary alicyclic amines) is 1. The van der Waals surface area contributed by atoms with Crippen LogP contribution in [0.5, 0.6) is 0 Å². The van der Waals surface area contributed by atoms with E-state index in [0.29, 0.717) is 29.4 Å². The van der Waals surface area contributed by atoms with E-state index in [1.807, 2.05) is 0 Å². The number of carbonyl (C=O) groups excluding carboxylic acids is 1. The number of piperidine rings is 1. The zero-order valence-corrected chi connectivity index (χ0v) is 15.6. The number of amides is 1. The van der Waals surface area contributed by atoms with Gasteiger partial charge in [-0.2, -0.15) is 0 Å². The summed E-state index contributed by atoms with van der Waals surface area (Å²) in [6, 6.07) is 5.09. The first-order valence-corrected chi connectivity index (χ1v) is 9.20. The topological polar surface area (TPSA) is 66.8 Å². The van der Waals surface area contributed by atoms with Crippen LogP contribution in [-0.2, 0) is 14.3 Å². The average molecular weight is 392 g/mol. The molecule has 1 heterocycles. The molecule has 1 amide bonds. The van der Waals surface area contributed by atoms with Gasteiger partial charge in [-0.3, -0.25) is 9.59 Å². The largest absolute Gasteiger partial charge is 0.481 e. The fraction of sp³-hybridized carbons (Fsp3) is 0.500. The van der Waals surface area contributed by atoms with Gasteiger partial charge in [0.25, 0.3) is 0 Å². The summed E-state index contributed by atoms with van der Waals surface area (Å²) in [7, 11) is 1.47. The van der Waals surface area contributed by atoms with Crippen LogP contribution in [0.25, 0.3) is 0 Å². The molecule has 1 unspecified atom stereocenters. The van der Waals surface area contributed by atoms with Crippen LogP contribution in [0.1, 0.15) is 12.8 Å². The Bertz CT molecular complexity index is 624. The second-order valence-electron chi connectivity index (χ2n) is 5.80. The Kier molecular flexibility index (Phi) is 6.80. The SMILES string of the molecule is COCC1(C(=O)O)CCCN(C(=O)CSc2cc(Cl)ccc2Cl)C1. The Labute approximate surface area is 155 Å². The van der Waals surface area contributed by atoms with E-state index in [4.69, 9.17) is 27.9 Å². The lowest BCUT2D eigenvalue weighted by Crippen LogP contribution is -2.52. The molecular formula is C16H19Cl2NO4S. The highest BCUT2D eigenvalue weighted by Gasteiger charge is 2.43. The Hall–Kier alpha value is -0.950. The van der Waals surface area contributed by atoms with Crippen LogP contribution in [0.3, 0.4) is 0 Å². The Balaban J connectivity index is 2.01. The fourth-order valence-corrected chi connectivity index (χ4v) is 4.19. The zero-order valence-electron chi connectivity index (χ0n) is 13.3. The van der Waals surface area contributed by atoms with Crippen molar-refractivity contribution in [2.75, 3.05) is 32.6 Å². The number of nitrogens with zero attached hydrogens (tertiary/aromatic N) is 1. The van der Waals surface area contributed by atoms with Crippen LogP contribution in [0.4, 0.5) is 0 Å². The number of carboxylic acid groups (broad SMARTS) is 1. The molecule has 2 rings (SSSR count). The first-order chi connectivity index (χ1) is 11.4. The second kappa shape index (κ2) is 8.43. The minimum Gasteiger partial charge on any atom is -0.481 e. The van der Waals surface area contributed by atoms with Crippen LogP contribution in [0.15, 0.2) is 23.1 Å². The van der Waals surface area contributed by atoms with Gasteiger partial charge in [0.1, 0.15) is 5.41 Å². The molecule has 1 fully saturated rings. The maximum Gasteiger partial charge on any atom is 0.313 e. The van der Waals surface area contributed by atoms with Gasteiger partial charge in [0, 0.05) is 30.1 Å². The molecule has 0 aliphatic carbocycles. The molecule has 0 spiro atoms. The van der Waals surface area contributed by atoms with Crippen LogP contribution < -0.4 is 0 Å². The summed E-state index contributed by atoms with van der Waals surface area (Å²) in [6.07, 6.45) is 1.15. The molecule has 1 N–H and O–H groups in total. The molecule has 0 aromatic heterocycles. The van der Waals surface area contributed by atoms with Gasteiger partial charge in [-0.1, -0.05) is 23.2 Å². The van der Waals surface area contributed by atoms with Crippen molar-refractivity contribution in [3.63, 3.8) is 0 Å². The van der Waals surface area contributed by atoms with Crippen molar-refractivity contribution >= 4 is 46.8 Å². The monoisotopic (exact) mass is 391 g/mol. The smallest absolute Gasteiger partial charge is 0.313 e. The molecule has 0 bridgehead atoms. The summed E-state index contributed by atoms with van der Waals surface area (Å²) in [4.78, 5) is 26.4. The number of thioether (sulfide) groups is 1. The summed E-state index contributed by atoms with van der Waals surface area (Å²) in [5, 5.41) is 10.6. The van der Waals surface area contributed by atoms with E-state index >= 15 is 0 Å². The van der Waals surface area contributed by atoms with Crippen molar-refractivity contribution in [1.29, 1.82) is 0 Å². The Morgan fingerprint density at radius 3 is 2.83 bits per heavy atom. The summed E-state index contributed by atoms with van der Waals surface area (Å²) < 4.78 is 5.08. The molecule has 1 saturated heterocycles. The zero-order chi connectivity index (χ0) is 17.7. The maximum absolute atomic E-state index is 12.5. The van der Waals surface area contributed by atoms with Gasteiger partial charge in [-0.05, 0) is 31.0 Å². The number of carboxylic acids is 1. The summed E-state index contributed by atoms with van der Waals surface area (Å²) in [5.74, 6) is -0.854. The number of methoxy groups -OCH3 is 1. The molecule has 1 aromatic rings. The van der Waals surface area contributed by atoms with Crippen LogP contribution in [0, 0.1) is 5.41 Å². The molecule has 1 aliphatic rings. The number of ether oxygens (including phenoxy) is 1. The van der Waals surface area contributed by atoms with Crippen LogP contribution in [-0.4, -0.2) is 54.4 Å². The highest BCUT2D eigenvalue weighted by atomic mass is 35.5. The van der Waals surface area contributed by atoms with Gasteiger partial charge in [0.15, 0.2) is 0 Å². The number of rotatable bonds is 6. The third-order valence-corrected chi connectivity index (χ3v) is 5.77. The third kappa shape index (κ3) is 4.57. The van der Waals surface area contributed by atoms with Gasteiger partial charge < -0.3 is 14.7 Å². The third-order valence-electron chi connectivity index (χ3n) is 4.05. The van der Waals surface area contributed by atoms with Gasteiger partial charge in [-0.15, -0.1) is 11.8 Å². The predicted octanol–water partition coefficient (Wildman–Crippen LogP) is 3.43. The standard InChI is InChI=1S/C16H19Cl2NO4S/c1-23-10-16(15(21)22)5-2-6-19(9-16)14(20)8-24-13-7-11(17)3-4-12(13)18/h3-4,7H,2,5-6,8-10H2,1H3,(H,21,22). The van der Waals surface area contributed by atoms with Gasteiger partial charge >= 0.3 is 5.97 Å². The molecule has 1 atom stereocenters. The highest BCUT2D eigenvalue weighted by molar-refractivity contribution is 8.00. The highest BCUT2D eigenvalue weighted by Crippen LogP contribution is 2.33. The van der Waals surface area contributed by atoms with Gasteiger partial charge in [0.05, 0.1) is 17.4 Å². The number of benzene rings is 1. The van der Waals surface area contributed by atoms with E-state index in [-0.39, 0.29) is 24.8 Å². The molecule has 0 radical (unpaired) electrons. The predicted molar refractivity (Wildman–Crippen MR) is 94.9 cm³/mol. The number of halogens is 2. The van der Waals surface area contributed by atoms with E-state index in [9.17, 15) is 14.7 Å². The van der Waals surface area contributed by atoms with E-state index < -0.39 is 11.4 Å². The van der Waals surface area contributed by atoms with E-state index in [0.717, 1.165) is 4.90 Å². The van der Waals surface area contributed by atoms with Crippen molar-refractivity contribution in [2.24, 2.45) is 5.41 Å². The molecule has 8 heteroatoms. The van der Waals surface area contributed by atoms with E-state index in [1.165, 1.54) is 18.9 Å². The molecular weight excluding hydrogens is 373 g/mol. The average Bonchev–Trinajstić information content (AvgIpc) is 2.55. The normalized spacial score (nSPS) is 20.9. The Morgan fingerprint density at radius 2 is 2.17 bits per heavy atom. The Morgan fingerprint density at radius 1 is 1.42 bits per heavy atom. The lowest BCUT2D eigenvalue weighted by molar-refractivity contribution is -0.158. The van der Waals surface area contributed by atoms with Crippen LogP contribution in [0.2, 0.25) is 10.0 Å². The lowest BCUT2D eigenvalue weighted by atomic mass is 9.80. The number of carbonyl (C=O) groups is 2. The van der Waals surface area contributed by atoms with Crippen LogP contribution >= 0.6 is 35.0 Å².